The van der Waals surface area contributed by atoms with Crippen LogP contribution in [0.15, 0.2) is 27.2 Å². The molecule has 1 aromatic heterocycles. The van der Waals surface area contributed by atoms with Crippen LogP contribution in [0.5, 0.6) is 0 Å². The molecule has 6 nitrogen and oxygen atoms in total. The van der Waals surface area contributed by atoms with Crippen LogP contribution in [0.2, 0.25) is 0 Å². The van der Waals surface area contributed by atoms with Crippen LogP contribution in [0.25, 0.3) is 11.4 Å². The van der Waals surface area contributed by atoms with E-state index in [2.05, 4.69) is 26.1 Å². The number of carbonyl (C=O) groups is 1. The summed E-state index contributed by atoms with van der Waals surface area (Å²) in [6.45, 7) is 1.56. The summed E-state index contributed by atoms with van der Waals surface area (Å²) in [7, 11) is 0. The van der Waals surface area contributed by atoms with Gasteiger partial charge in [0.25, 0.3) is 5.89 Å². The Morgan fingerprint density at radius 2 is 2.32 bits per heavy atom. The van der Waals surface area contributed by atoms with Crippen molar-refractivity contribution in [1.29, 1.82) is 0 Å². The molecule has 2 rings (SSSR count). The van der Waals surface area contributed by atoms with Gasteiger partial charge in [0.05, 0.1) is 0 Å². The van der Waals surface area contributed by atoms with E-state index in [0.29, 0.717) is 5.82 Å². The van der Waals surface area contributed by atoms with Gasteiger partial charge in [-0.2, -0.15) is 4.98 Å². The van der Waals surface area contributed by atoms with E-state index in [9.17, 15) is 4.79 Å². The predicted molar refractivity (Wildman–Crippen MR) is 69.5 cm³/mol. The molecule has 7 heteroatoms. The first-order valence-electron chi connectivity index (χ1n) is 5.45. The van der Waals surface area contributed by atoms with Gasteiger partial charge in [0.15, 0.2) is 0 Å². The average Bonchev–Trinajstić information content (AvgIpc) is 2.77. The number of aromatic nitrogens is 2. The van der Waals surface area contributed by atoms with Gasteiger partial charge in [-0.15, -0.1) is 0 Å². The molecule has 0 aliphatic carbocycles. The zero-order valence-electron chi connectivity index (χ0n) is 10.1. The Morgan fingerprint density at radius 3 is 3.00 bits per heavy atom. The highest BCUT2D eigenvalue weighted by Gasteiger charge is 2.12. The van der Waals surface area contributed by atoms with Crippen LogP contribution in [0.3, 0.4) is 0 Å². The van der Waals surface area contributed by atoms with Gasteiger partial charge in [0, 0.05) is 10.0 Å². The van der Waals surface area contributed by atoms with E-state index in [0.717, 1.165) is 15.6 Å². The van der Waals surface area contributed by atoms with Crippen molar-refractivity contribution >= 4 is 21.9 Å². The summed E-state index contributed by atoms with van der Waals surface area (Å²) in [6, 6.07) is 5.77. The fraction of sp³-hybridized carbons (Fsp3) is 0.250. The molecule has 0 amide bonds. The molecule has 0 bridgehead atoms. The van der Waals surface area contributed by atoms with Gasteiger partial charge in [0.2, 0.25) is 5.82 Å². The maximum absolute atomic E-state index is 10.3. The molecular formula is C12H11BrN2O4. The first-order valence-corrected chi connectivity index (χ1v) is 6.24. The highest BCUT2D eigenvalue weighted by Crippen LogP contribution is 2.26. The second-order valence-corrected chi connectivity index (χ2v) is 4.74. The first kappa shape index (κ1) is 13.7. The third-order valence-corrected chi connectivity index (χ3v) is 2.94. The highest BCUT2D eigenvalue weighted by atomic mass is 79.9. The van der Waals surface area contributed by atoms with Gasteiger partial charge in [-0.3, -0.25) is 0 Å². The Kier molecular flexibility index (Phi) is 4.28. The Morgan fingerprint density at radius 1 is 1.53 bits per heavy atom. The molecule has 0 unspecified atom stereocenters. The van der Waals surface area contributed by atoms with Crippen molar-refractivity contribution in [2.24, 2.45) is 0 Å². The molecule has 0 aliphatic heterocycles. The maximum Gasteiger partial charge on any atom is 0.329 e. The number of benzene rings is 1. The molecule has 0 aliphatic rings. The van der Waals surface area contributed by atoms with Crippen LogP contribution in [-0.4, -0.2) is 27.8 Å². The summed E-state index contributed by atoms with van der Waals surface area (Å²) in [5, 5.41) is 12.3. The van der Waals surface area contributed by atoms with Crippen molar-refractivity contribution in [2.75, 3.05) is 6.61 Å². The first-order chi connectivity index (χ1) is 9.06. The summed E-state index contributed by atoms with van der Waals surface area (Å²) < 4.78 is 10.7. The molecule has 1 heterocycles. The van der Waals surface area contributed by atoms with E-state index in [1.54, 1.807) is 0 Å². The number of ether oxygens (including phenoxy) is 1. The van der Waals surface area contributed by atoms with Gasteiger partial charge >= 0.3 is 5.97 Å². The van der Waals surface area contributed by atoms with Crippen LogP contribution in [0, 0.1) is 6.92 Å². The van der Waals surface area contributed by atoms with E-state index in [1.165, 1.54) is 0 Å². The molecule has 0 saturated carbocycles. The van der Waals surface area contributed by atoms with Gasteiger partial charge in [-0.25, -0.2) is 4.79 Å². The van der Waals surface area contributed by atoms with Crippen molar-refractivity contribution < 1.29 is 19.2 Å². The Hall–Kier alpha value is -1.73. The topological polar surface area (TPSA) is 85.5 Å². The summed E-state index contributed by atoms with van der Waals surface area (Å²) in [5.74, 6) is -0.370. The number of aliphatic carboxylic acids is 1. The van der Waals surface area contributed by atoms with Crippen molar-refractivity contribution in [3.8, 4) is 11.4 Å². The molecule has 0 spiro atoms. The maximum atomic E-state index is 10.3. The van der Waals surface area contributed by atoms with Crippen molar-refractivity contribution in [1.82, 2.24) is 10.1 Å². The second-order valence-electron chi connectivity index (χ2n) is 3.88. The lowest BCUT2D eigenvalue weighted by Crippen LogP contribution is -2.06. The molecule has 1 aromatic carbocycles. The van der Waals surface area contributed by atoms with E-state index in [-0.39, 0.29) is 12.5 Å². The standard InChI is InChI=1S/C12H11BrN2O4/c1-7-2-3-8(9(13)4-7)12-14-10(19-15-12)5-18-6-11(16)17/h2-4H,5-6H2,1H3,(H,16,17). The lowest BCUT2D eigenvalue weighted by Gasteiger charge is -1.99. The minimum absolute atomic E-state index is 0.0250. The van der Waals surface area contributed by atoms with Crippen molar-refractivity contribution in [2.45, 2.75) is 13.5 Å². The largest absolute Gasteiger partial charge is 0.480 e. The second kappa shape index (κ2) is 5.94. The summed E-state index contributed by atoms with van der Waals surface area (Å²) in [5.41, 5.74) is 1.92. The number of carboxylic acids is 1. The molecular weight excluding hydrogens is 316 g/mol. The monoisotopic (exact) mass is 326 g/mol. The fourth-order valence-corrected chi connectivity index (χ4v) is 2.12. The molecule has 2 aromatic rings. The number of nitrogens with zero attached hydrogens (tertiary/aromatic N) is 2. The molecule has 0 saturated heterocycles. The lowest BCUT2D eigenvalue weighted by atomic mass is 10.1. The zero-order chi connectivity index (χ0) is 13.8. The smallest absolute Gasteiger partial charge is 0.329 e. The Balaban J connectivity index is 2.10. The number of aryl methyl sites for hydroxylation is 1. The molecule has 0 radical (unpaired) electrons. The SMILES string of the molecule is Cc1ccc(-c2noc(COCC(=O)O)n2)c(Br)c1. The summed E-state index contributed by atoms with van der Waals surface area (Å²) >= 11 is 3.43. The van der Waals surface area contributed by atoms with Crippen LogP contribution in [0.4, 0.5) is 0 Å². The minimum Gasteiger partial charge on any atom is -0.480 e. The molecule has 1 N–H and O–H groups in total. The van der Waals surface area contributed by atoms with Gasteiger partial charge < -0.3 is 14.4 Å². The number of halogens is 1. The van der Waals surface area contributed by atoms with Crippen molar-refractivity contribution in [3.63, 3.8) is 0 Å². The number of hydrogen-bond acceptors (Lipinski definition) is 5. The van der Waals surface area contributed by atoms with Gasteiger partial charge in [-0.05, 0) is 24.6 Å². The van der Waals surface area contributed by atoms with E-state index in [1.807, 2.05) is 25.1 Å². The third kappa shape index (κ3) is 3.62. The molecule has 0 fully saturated rings. The quantitative estimate of drug-likeness (QED) is 0.908. The van der Waals surface area contributed by atoms with Crippen LogP contribution >= 0.6 is 15.9 Å². The molecule has 19 heavy (non-hydrogen) atoms. The lowest BCUT2D eigenvalue weighted by molar-refractivity contribution is -0.142. The highest BCUT2D eigenvalue weighted by molar-refractivity contribution is 9.10. The van der Waals surface area contributed by atoms with Crippen molar-refractivity contribution in [3.05, 3.63) is 34.1 Å². The average molecular weight is 327 g/mol. The Labute approximate surface area is 117 Å². The minimum atomic E-state index is -1.04. The van der Waals surface area contributed by atoms with E-state index >= 15 is 0 Å². The summed E-state index contributed by atoms with van der Waals surface area (Å²) in [6.07, 6.45) is 0. The normalized spacial score (nSPS) is 10.6. The third-order valence-electron chi connectivity index (χ3n) is 2.28. The molecule has 0 atom stereocenters. The van der Waals surface area contributed by atoms with Crippen LogP contribution < -0.4 is 0 Å². The number of rotatable bonds is 5. The van der Waals surface area contributed by atoms with Gasteiger partial charge in [-0.1, -0.05) is 27.2 Å². The summed E-state index contributed by atoms with van der Waals surface area (Å²) in [4.78, 5) is 14.4. The zero-order valence-corrected chi connectivity index (χ0v) is 11.7. The van der Waals surface area contributed by atoms with E-state index < -0.39 is 12.6 Å². The van der Waals surface area contributed by atoms with Crippen LogP contribution in [-0.2, 0) is 16.1 Å². The number of carboxylic acid groups (broad SMARTS) is 1. The number of hydrogen-bond donors (Lipinski definition) is 1. The molecule has 100 valence electrons. The van der Waals surface area contributed by atoms with E-state index in [4.69, 9.17) is 14.4 Å². The fourth-order valence-electron chi connectivity index (χ4n) is 1.45. The van der Waals surface area contributed by atoms with Crippen LogP contribution in [0.1, 0.15) is 11.5 Å². The predicted octanol–water partition coefficient (Wildman–Crippen LogP) is 2.41. The van der Waals surface area contributed by atoms with Gasteiger partial charge in [0.1, 0.15) is 13.2 Å². The Bertz CT molecular complexity index is 597.